The van der Waals surface area contributed by atoms with E-state index in [1.165, 1.54) is 0 Å². The Labute approximate surface area is 138 Å². The number of H-pyrrole nitrogens is 1. The SMILES string of the molecule is CC(c1cc2ccccc2o1)N(C)C(=O)c1cccc2cn[nH]c12. The highest BCUT2D eigenvalue weighted by atomic mass is 16.3. The largest absolute Gasteiger partial charge is 0.459 e. The van der Waals surface area contributed by atoms with Gasteiger partial charge in [0.15, 0.2) is 0 Å². The van der Waals surface area contributed by atoms with Crippen molar-refractivity contribution in [1.29, 1.82) is 0 Å². The van der Waals surface area contributed by atoms with E-state index >= 15 is 0 Å². The third-order valence-corrected chi connectivity index (χ3v) is 4.46. The van der Waals surface area contributed by atoms with Gasteiger partial charge in [0, 0.05) is 17.8 Å². The lowest BCUT2D eigenvalue weighted by Gasteiger charge is -2.23. The van der Waals surface area contributed by atoms with Crippen molar-refractivity contribution < 1.29 is 9.21 Å². The Morgan fingerprint density at radius 3 is 2.79 bits per heavy atom. The van der Waals surface area contributed by atoms with Crippen LogP contribution in [0.15, 0.2) is 59.1 Å². The van der Waals surface area contributed by atoms with Crippen molar-refractivity contribution in [3.63, 3.8) is 0 Å². The molecule has 120 valence electrons. The summed E-state index contributed by atoms with van der Waals surface area (Å²) in [6, 6.07) is 15.3. The topological polar surface area (TPSA) is 62.1 Å². The number of nitrogens with one attached hydrogen (secondary N) is 1. The minimum absolute atomic E-state index is 0.0715. The van der Waals surface area contributed by atoms with Crippen LogP contribution in [0.2, 0.25) is 0 Å². The zero-order valence-electron chi connectivity index (χ0n) is 13.5. The summed E-state index contributed by atoms with van der Waals surface area (Å²) in [4.78, 5) is 14.6. The molecule has 1 atom stereocenters. The molecule has 0 spiro atoms. The van der Waals surface area contributed by atoms with Crippen LogP contribution in [-0.2, 0) is 0 Å². The fraction of sp³-hybridized carbons (Fsp3) is 0.158. The van der Waals surface area contributed by atoms with Crippen molar-refractivity contribution in [2.45, 2.75) is 13.0 Å². The van der Waals surface area contributed by atoms with E-state index in [1.807, 2.05) is 55.5 Å². The fourth-order valence-corrected chi connectivity index (χ4v) is 2.91. The van der Waals surface area contributed by atoms with E-state index < -0.39 is 0 Å². The minimum Gasteiger partial charge on any atom is -0.459 e. The molecule has 0 radical (unpaired) electrons. The van der Waals surface area contributed by atoms with Crippen molar-refractivity contribution in [2.75, 3.05) is 7.05 Å². The molecule has 1 amide bonds. The molecule has 0 bridgehead atoms. The van der Waals surface area contributed by atoms with Crippen LogP contribution in [0.5, 0.6) is 0 Å². The highest BCUT2D eigenvalue weighted by Gasteiger charge is 2.23. The van der Waals surface area contributed by atoms with Crippen LogP contribution in [0.25, 0.3) is 21.9 Å². The van der Waals surface area contributed by atoms with Gasteiger partial charge in [-0.1, -0.05) is 30.3 Å². The first-order chi connectivity index (χ1) is 11.6. The first-order valence-corrected chi connectivity index (χ1v) is 7.83. The molecule has 1 unspecified atom stereocenters. The number of rotatable bonds is 3. The lowest BCUT2D eigenvalue weighted by molar-refractivity contribution is 0.0729. The van der Waals surface area contributed by atoms with E-state index in [2.05, 4.69) is 10.2 Å². The summed E-state index contributed by atoms with van der Waals surface area (Å²) in [5.74, 6) is 0.696. The number of carbonyl (C=O) groups is 1. The molecule has 5 heteroatoms. The summed E-state index contributed by atoms with van der Waals surface area (Å²) in [7, 11) is 1.79. The van der Waals surface area contributed by atoms with E-state index in [1.54, 1.807) is 18.1 Å². The van der Waals surface area contributed by atoms with E-state index in [-0.39, 0.29) is 11.9 Å². The number of para-hydroxylation sites is 2. The Balaban J connectivity index is 1.68. The van der Waals surface area contributed by atoms with Crippen LogP contribution in [0.1, 0.15) is 29.1 Å². The van der Waals surface area contributed by atoms with E-state index in [0.717, 1.165) is 27.6 Å². The van der Waals surface area contributed by atoms with Crippen LogP contribution in [0, 0.1) is 0 Å². The Morgan fingerprint density at radius 2 is 1.96 bits per heavy atom. The number of furan rings is 1. The van der Waals surface area contributed by atoms with Crippen LogP contribution in [-0.4, -0.2) is 28.1 Å². The third-order valence-electron chi connectivity index (χ3n) is 4.46. The number of carbonyl (C=O) groups excluding carboxylic acids is 1. The fourth-order valence-electron chi connectivity index (χ4n) is 2.91. The lowest BCUT2D eigenvalue weighted by Crippen LogP contribution is -2.29. The van der Waals surface area contributed by atoms with Gasteiger partial charge in [-0.05, 0) is 25.1 Å². The second kappa shape index (κ2) is 5.53. The minimum atomic E-state index is -0.178. The summed E-state index contributed by atoms with van der Waals surface area (Å²) in [6.07, 6.45) is 1.72. The summed E-state index contributed by atoms with van der Waals surface area (Å²) >= 11 is 0. The third kappa shape index (κ3) is 2.25. The maximum atomic E-state index is 12.9. The first-order valence-electron chi connectivity index (χ1n) is 7.83. The van der Waals surface area contributed by atoms with Crippen LogP contribution >= 0.6 is 0 Å². The summed E-state index contributed by atoms with van der Waals surface area (Å²) in [5.41, 5.74) is 2.19. The average molecular weight is 319 g/mol. The summed E-state index contributed by atoms with van der Waals surface area (Å²) in [5, 5.41) is 8.88. The number of fused-ring (bicyclic) bond motifs is 2. The van der Waals surface area contributed by atoms with Gasteiger partial charge in [-0.2, -0.15) is 5.10 Å². The van der Waals surface area contributed by atoms with Gasteiger partial charge in [-0.25, -0.2) is 0 Å². The van der Waals surface area contributed by atoms with Crippen molar-refractivity contribution in [3.8, 4) is 0 Å². The van der Waals surface area contributed by atoms with E-state index in [0.29, 0.717) is 5.56 Å². The first kappa shape index (κ1) is 14.5. The van der Waals surface area contributed by atoms with Gasteiger partial charge in [0.05, 0.1) is 23.3 Å². The number of hydrogen-bond acceptors (Lipinski definition) is 3. The van der Waals surface area contributed by atoms with Gasteiger partial charge in [-0.3, -0.25) is 9.89 Å². The number of amides is 1. The van der Waals surface area contributed by atoms with Gasteiger partial charge in [-0.15, -0.1) is 0 Å². The van der Waals surface area contributed by atoms with Crippen molar-refractivity contribution in [1.82, 2.24) is 15.1 Å². The van der Waals surface area contributed by atoms with Crippen molar-refractivity contribution in [3.05, 3.63) is 66.1 Å². The molecular weight excluding hydrogens is 302 g/mol. The summed E-state index contributed by atoms with van der Waals surface area (Å²) < 4.78 is 5.90. The molecule has 0 saturated heterocycles. The van der Waals surface area contributed by atoms with Gasteiger partial charge in [0.25, 0.3) is 5.91 Å². The monoisotopic (exact) mass is 319 g/mol. The van der Waals surface area contributed by atoms with Crippen molar-refractivity contribution in [2.24, 2.45) is 0 Å². The van der Waals surface area contributed by atoms with Gasteiger partial charge < -0.3 is 9.32 Å². The maximum absolute atomic E-state index is 12.9. The Bertz CT molecular complexity index is 998. The molecular formula is C19H17N3O2. The Hall–Kier alpha value is -3.08. The normalized spacial score (nSPS) is 12.6. The van der Waals surface area contributed by atoms with Gasteiger partial charge >= 0.3 is 0 Å². The second-order valence-corrected chi connectivity index (χ2v) is 5.92. The second-order valence-electron chi connectivity index (χ2n) is 5.92. The Morgan fingerprint density at radius 1 is 1.17 bits per heavy atom. The molecule has 0 saturated carbocycles. The molecule has 2 heterocycles. The predicted molar refractivity (Wildman–Crippen MR) is 92.8 cm³/mol. The number of nitrogens with zero attached hydrogens (tertiary/aromatic N) is 2. The van der Waals surface area contributed by atoms with Gasteiger partial charge in [0.2, 0.25) is 0 Å². The van der Waals surface area contributed by atoms with Crippen LogP contribution in [0.4, 0.5) is 0 Å². The number of hydrogen-bond donors (Lipinski definition) is 1. The molecule has 24 heavy (non-hydrogen) atoms. The molecule has 2 aromatic carbocycles. The zero-order valence-corrected chi connectivity index (χ0v) is 13.5. The molecule has 4 aromatic rings. The molecule has 0 aliphatic rings. The maximum Gasteiger partial charge on any atom is 0.256 e. The highest BCUT2D eigenvalue weighted by molar-refractivity contribution is 6.05. The van der Waals surface area contributed by atoms with Gasteiger partial charge in [0.1, 0.15) is 11.3 Å². The summed E-state index contributed by atoms with van der Waals surface area (Å²) in [6.45, 7) is 1.96. The lowest BCUT2D eigenvalue weighted by atomic mass is 10.1. The quantitative estimate of drug-likeness (QED) is 0.617. The highest BCUT2D eigenvalue weighted by Crippen LogP contribution is 2.28. The predicted octanol–water partition coefficient (Wildman–Crippen LogP) is 4.14. The zero-order chi connectivity index (χ0) is 16.7. The smallest absolute Gasteiger partial charge is 0.256 e. The number of aromatic nitrogens is 2. The van der Waals surface area contributed by atoms with E-state index in [4.69, 9.17) is 4.42 Å². The average Bonchev–Trinajstić information content (AvgIpc) is 3.25. The van der Waals surface area contributed by atoms with E-state index in [9.17, 15) is 4.79 Å². The molecule has 0 aliphatic heterocycles. The number of benzene rings is 2. The molecule has 4 rings (SSSR count). The van der Waals surface area contributed by atoms with Crippen LogP contribution < -0.4 is 0 Å². The standard InChI is InChI=1S/C19H17N3O2/c1-12(17-10-13-6-3-4-9-16(13)24-17)22(2)19(23)15-8-5-7-14-11-20-21-18(14)15/h3-12H,1-2H3,(H,20,21). The number of aromatic amines is 1. The molecule has 0 aliphatic carbocycles. The molecule has 2 aromatic heterocycles. The van der Waals surface area contributed by atoms with Crippen molar-refractivity contribution >= 4 is 27.8 Å². The molecule has 0 fully saturated rings. The van der Waals surface area contributed by atoms with Crippen LogP contribution in [0.3, 0.4) is 0 Å². The molecule has 1 N–H and O–H groups in total. The Kier molecular flexibility index (Phi) is 3.34. The molecule has 5 nitrogen and oxygen atoms in total.